The molecular weight excluding hydrogens is 178 g/mol. The van der Waals surface area contributed by atoms with E-state index in [2.05, 4.69) is 16.3 Å². The van der Waals surface area contributed by atoms with Gasteiger partial charge in [-0.1, -0.05) is 6.42 Å². The second kappa shape index (κ2) is 3.97. The molecule has 76 valence electrons. The van der Waals surface area contributed by atoms with Gasteiger partial charge >= 0.3 is 0 Å². The van der Waals surface area contributed by atoms with Crippen molar-refractivity contribution in [3.05, 3.63) is 0 Å². The number of rotatable bonds is 1. The van der Waals surface area contributed by atoms with E-state index >= 15 is 0 Å². The lowest BCUT2D eigenvalue weighted by Crippen LogP contribution is -2.52. The summed E-state index contributed by atoms with van der Waals surface area (Å²) in [4.78, 5) is 13.4. The Balaban J connectivity index is 2.00. The largest absolute Gasteiger partial charge is 0.354 e. The highest BCUT2D eigenvalue weighted by Gasteiger charge is 2.33. The highest BCUT2D eigenvalue weighted by atomic mass is 16.2. The van der Waals surface area contributed by atoms with Gasteiger partial charge in [-0.3, -0.25) is 9.69 Å². The molecule has 0 aromatic rings. The molecule has 14 heavy (non-hydrogen) atoms. The lowest BCUT2D eigenvalue weighted by molar-refractivity contribution is -0.125. The first-order valence-corrected chi connectivity index (χ1v) is 5.21. The van der Waals surface area contributed by atoms with E-state index in [4.69, 9.17) is 5.26 Å². The van der Waals surface area contributed by atoms with Gasteiger partial charge in [0, 0.05) is 19.1 Å². The predicted octanol–water partition coefficient (Wildman–Crippen LogP) is 0.110. The molecule has 1 saturated heterocycles. The summed E-state index contributed by atoms with van der Waals surface area (Å²) >= 11 is 0. The third-order valence-corrected chi connectivity index (χ3v) is 3.18. The Hall–Kier alpha value is -1.08. The van der Waals surface area contributed by atoms with Crippen molar-refractivity contribution < 1.29 is 4.79 Å². The van der Waals surface area contributed by atoms with Crippen LogP contribution in [0, 0.1) is 17.2 Å². The Morgan fingerprint density at radius 2 is 2.36 bits per heavy atom. The average Bonchev–Trinajstić information content (AvgIpc) is 2.65. The monoisotopic (exact) mass is 193 g/mol. The fraction of sp³-hybridized carbons (Fsp3) is 0.800. The Morgan fingerprint density at radius 1 is 1.50 bits per heavy atom. The molecule has 2 atom stereocenters. The van der Waals surface area contributed by atoms with Crippen LogP contribution in [0.1, 0.15) is 19.3 Å². The number of piperazine rings is 1. The van der Waals surface area contributed by atoms with Crippen LogP contribution in [0.3, 0.4) is 0 Å². The molecule has 4 nitrogen and oxygen atoms in total. The number of carbonyl (C=O) groups is 1. The summed E-state index contributed by atoms with van der Waals surface area (Å²) in [6.07, 6.45) is 3.20. The van der Waals surface area contributed by atoms with Gasteiger partial charge < -0.3 is 5.32 Å². The van der Waals surface area contributed by atoms with Crippen LogP contribution in [0.15, 0.2) is 0 Å². The molecule has 4 heteroatoms. The highest BCUT2D eigenvalue weighted by Crippen LogP contribution is 2.29. The minimum Gasteiger partial charge on any atom is -0.354 e. The standard InChI is InChI=1S/C10H15N3O/c11-6-8-2-1-3-9(8)13-5-4-12-10(14)7-13/h8-9H,1-5,7H2,(H,12,14). The lowest BCUT2D eigenvalue weighted by Gasteiger charge is -2.33. The zero-order valence-corrected chi connectivity index (χ0v) is 8.20. The van der Waals surface area contributed by atoms with E-state index in [1.54, 1.807) is 0 Å². The number of nitrogens with one attached hydrogen (secondary N) is 1. The van der Waals surface area contributed by atoms with Crippen LogP contribution in [-0.2, 0) is 4.79 Å². The summed E-state index contributed by atoms with van der Waals surface area (Å²) < 4.78 is 0. The highest BCUT2D eigenvalue weighted by molar-refractivity contribution is 5.78. The van der Waals surface area contributed by atoms with E-state index in [0.29, 0.717) is 12.6 Å². The van der Waals surface area contributed by atoms with E-state index < -0.39 is 0 Å². The van der Waals surface area contributed by atoms with E-state index in [0.717, 1.165) is 32.4 Å². The molecular formula is C10H15N3O. The van der Waals surface area contributed by atoms with Gasteiger partial charge in [-0.25, -0.2) is 0 Å². The number of hydrogen-bond donors (Lipinski definition) is 1. The molecule has 2 unspecified atom stereocenters. The Labute approximate surface area is 83.9 Å². The van der Waals surface area contributed by atoms with Crippen molar-refractivity contribution in [3.63, 3.8) is 0 Å². The van der Waals surface area contributed by atoms with Crippen LogP contribution in [0.5, 0.6) is 0 Å². The number of amides is 1. The average molecular weight is 193 g/mol. The van der Waals surface area contributed by atoms with Gasteiger partial charge in [0.2, 0.25) is 5.91 Å². The molecule has 0 aromatic carbocycles. The van der Waals surface area contributed by atoms with Gasteiger partial charge in [0.25, 0.3) is 0 Å². The van der Waals surface area contributed by atoms with Crippen molar-refractivity contribution in [2.24, 2.45) is 5.92 Å². The van der Waals surface area contributed by atoms with Gasteiger partial charge in [0.15, 0.2) is 0 Å². The van der Waals surface area contributed by atoms with E-state index in [-0.39, 0.29) is 11.8 Å². The fourth-order valence-electron chi connectivity index (χ4n) is 2.47. The van der Waals surface area contributed by atoms with Gasteiger partial charge in [-0.05, 0) is 12.8 Å². The van der Waals surface area contributed by atoms with E-state index in [1.165, 1.54) is 0 Å². The van der Waals surface area contributed by atoms with E-state index in [1.807, 2.05) is 0 Å². The van der Waals surface area contributed by atoms with Gasteiger partial charge in [-0.15, -0.1) is 0 Å². The Kier molecular flexibility index (Phi) is 2.69. The zero-order valence-electron chi connectivity index (χ0n) is 8.20. The molecule has 1 N–H and O–H groups in total. The molecule has 1 aliphatic carbocycles. The molecule has 2 fully saturated rings. The molecule has 0 bridgehead atoms. The third kappa shape index (κ3) is 1.73. The lowest BCUT2D eigenvalue weighted by atomic mass is 10.0. The minimum absolute atomic E-state index is 0.0971. The molecule has 1 heterocycles. The van der Waals surface area contributed by atoms with Crippen LogP contribution < -0.4 is 5.32 Å². The number of hydrogen-bond acceptors (Lipinski definition) is 3. The molecule has 2 aliphatic rings. The number of carbonyl (C=O) groups excluding carboxylic acids is 1. The van der Waals surface area contributed by atoms with Crippen LogP contribution >= 0.6 is 0 Å². The normalized spacial score (nSPS) is 33.8. The molecule has 0 aromatic heterocycles. The van der Waals surface area contributed by atoms with Crippen LogP contribution in [-0.4, -0.2) is 36.5 Å². The summed E-state index contributed by atoms with van der Waals surface area (Å²) in [6.45, 7) is 2.10. The second-order valence-electron chi connectivity index (χ2n) is 4.05. The Morgan fingerprint density at radius 3 is 3.07 bits per heavy atom. The molecule has 0 radical (unpaired) electrons. The molecule has 2 rings (SSSR count). The van der Waals surface area contributed by atoms with Gasteiger partial charge in [-0.2, -0.15) is 5.26 Å². The van der Waals surface area contributed by atoms with E-state index in [9.17, 15) is 4.79 Å². The SMILES string of the molecule is N#CC1CCCC1N1CCNC(=O)C1. The van der Waals surface area contributed by atoms with Crippen molar-refractivity contribution in [2.45, 2.75) is 25.3 Å². The topological polar surface area (TPSA) is 56.1 Å². The first-order valence-electron chi connectivity index (χ1n) is 5.21. The maximum absolute atomic E-state index is 11.2. The summed E-state index contributed by atoms with van der Waals surface area (Å²) in [5, 5.41) is 11.8. The maximum Gasteiger partial charge on any atom is 0.234 e. The molecule has 1 saturated carbocycles. The molecule has 0 spiro atoms. The second-order valence-corrected chi connectivity index (χ2v) is 4.05. The summed E-state index contributed by atoms with van der Waals surface area (Å²) in [5.74, 6) is 0.237. The van der Waals surface area contributed by atoms with Crippen LogP contribution in [0.2, 0.25) is 0 Å². The quantitative estimate of drug-likeness (QED) is 0.643. The summed E-state index contributed by atoms with van der Waals surface area (Å²) in [5.41, 5.74) is 0. The van der Waals surface area contributed by atoms with Crippen LogP contribution in [0.25, 0.3) is 0 Å². The Bertz CT molecular complexity index is 271. The first-order chi connectivity index (χ1) is 6.81. The van der Waals surface area contributed by atoms with Crippen molar-refractivity contribution in [3.8, 4) is 6.07 Å². The smallest absolute Gasteiger partial charge is 0.234 e. The van der Waals surface area contributed by atoms with Crippen molar-refractivity contribution in [1.82, 2.24) is 10.2 Å². The van der Waals surface area contributed by atoms with Gasteiger partial charge in [0.05, 0.1) is 18.5 Å². The maximum atomic E-state index is 11.2. The summed E-state index contributed by atoms with van der Waals surface area (Å²) in [6, 6.07) is 2.68. The summed E-state index contributed by atoms with van der Waals surface area (Å²) in [7, 11) is 0. The van der Waals surface area contributed by atoms with Crippen LogP contribution in [0.4, 0.5) is 0 Å². The van der Waals surface area contributed by atoms with Crippen molar-refractivity contribution >= 4 is 5.91 Å². The fourth-order valence-corrected chi connectivity index (χ4v) is 2.47. The zero-order chi connectivity index (χ0) is 9.97. The van der Waals surface area contributed by atoms with Crippen molar-refractivity contribution in [1.29, 1.82) is 5.26 Å². The first kappa shape index (κ1) is 9.47. The predicted molar refractivity (Wildman–Crippen MR) is 51.3 cm³/mol. The third-order valence-electron chi connectivity index (χ3n) is 3.18. The molecule has 1 aliphatic heterocycles. The number of nitriles is 1. The number of nitrogens with zero attached hydrogens (tertiary/aromatic N) is 2. The molecule has 1 amide bonds. The van der Waals surface area contributed by atoms with Gasteiger partial charge in [0.1, 0.15) is 0 Å². The van der Waals surface area contributed by atoms with Crippen molar-refractivity contribution in [2.75, 3.05) is 19.6 Å². The minimum atomic E-state index is 0.0971.